The first kappa shape index (κ1) is 8.73. The normalized spacial score (nSPS) is 8.22. The predicted octanol–water partition coefficient (Wildman–Crippen LogP) is -1.83. The van der Waals surface area contributed by atoms with E-state index in [9.17, 15) is 0 Å². The van der Waals surface area contributed by atoms with Crippen molar-refractivity contribution in [2.24, 2.45) is 7.05 Å². The highest BCUT2D eigenvalue weighted by atomic mass is 35.5. The largest absolute Gasteiger partial charge is 1.00 e. The van der Waals surface area contributed by atoms with E-state index in [0.717, 1.165) is 5.02 Å². The van der Waals surface area contributed by atoms with Gasteiger partial charge in [0, 0.05) is 6.07 Å². The maximum absolute atomic E-state index is 5.62. The van der Waals surface area contributed by atoms with Gasteiger partial charge in [-0.2, -0.15) is 0 Å². The molecule has 0 atom stereocenters. The second-order valence-corrected chi connectivity index (χ2v) is 2.12. The Morgan fingerprint density at radius 3 is 2.56 bits per heavy atom. The van der Waals surface area contributed by atoms with Crippen LogP contribution in [-0.2, 0) is 7.05 Å². The van der Waals surface area contributed by atoms with Crippen molar-refractivity contribution < 1.29 is 17.0 Å². The molecule has 0 bridgehead atoms. The molecule has 1 rings (SSSR count). The van der Waals surface area contributed by atoms with Gasteiger partial charge in [0.2, 0.25) is 0 Å². The number of aryl methyl sites for hydroxylation is 1. The molecule has 0 aliphatic rings. The van der Waals surface area contributed by atoms with Crippen molar-refractivity contribution in [2.45, 2.75) is 0 Å². The predicted molar refractivity (Wildman–Crippen MR) is 32.6 cm³/mol. The molecule has 1 aromatic heterocycles. The van der Waals surface area contributed by atoms with Crippen molar-refractivity contribution in [3.8, 4) is 0 Å². The molecule has 0 unspecified atom stereocenters. The molecule has 0 fully saturated rings. The zero-order chi connectivity index (χ0) is 5.98. The summed E-state index contributed by atoms with van der Waals surface area (Å²) >= 11 is 5.62. The minimum Gasteiger partial charge on any atom is -1.00 e. The molecule has 0 radical (unpaired) electrons. The lowest BCUT2D eigenvalue weighted by Crippen LogP contribution is -3.00. The minimum absolute atomic E-state index is 0. The van der Waals surface area contributed by atoms with Gasteiger partial charge in [-0.05, 0) is 6.07 Å². The smallest absolute Gasteiger partial charge is 0.187 e. The molecule has 1 nitrogen and oxygen atoms in total. The van der Waals surface area contributed by atoms with Gasteiger partial charge in [0.1, 0.15) is 12.1 Å². The SMILES string of the molecule is C[n+]1cccc(Cl)c1.[Cl-]. The molecule has 0 amide bonds. The van der Waals surface area contributed by atoms with Gasteiger partial charge >= 0.3 is 0 Å². The van der Waals surface area contributed by atoms with Gasteiger partial charge in [-0.3, -0.25) is 0 Å². The van der Waals surface area contributed by atoms with E-state index in [2.05, 4.69) is 0 Å². The van der Waals surface area contributed by atoms with Crippen LogP contribution in [0.3, 0.4) is 0 Å². The van der Waals surface area contributed by atoms with Crippen molar-refractivity contribution in [3.63, 3.8) is 0 Å². The quantitative estimate of drug-likeness (QED) is 0.397. The molecule has 0 aromatic carbocycles. The molecular weight excluding hydrogens is 157 g/mol. The van der Waals surface area contributed by atoms with Crippen molar-refractivity contribution in [2.75, 3.05) is 0 Å². The summed E-state index contributed by atoms with van der Waals surface area (Å²) in [6.07, 6.45) is 3.79. The third-order valence-corrected chi connectivity index (χ3v) is 1.13. The highest BCUT2D eigenvalue weighted by molar-refractivity contribution is 6.30. The second-order valence-electron chi connectivity index (χ2n) is 1.69. The molecule has 1 aromatic rings. The molecule has 0 saturated heterocycles. The number of nitrogens with zero attached hydrogens (tertiary/aromatic N) is 1. The molecule has 0 N–H and O–H groups in total. The lowest BCUT2D eigenvalue weighted by Gasteiger charge is -1.83. The van der Waals surface area contributed by atoms with Crippen LogP contribution >= 0.6 is 11.6 Å². The minimum atomic E-state index is 0. The van der Waals surface area contributed by atoms with E-state index in [1.807, 2.05) is 36.1 Å². The van der Waals surface area contributed by atoms with E-state index in [1.54, 1.807) is 0 Å². The van der Waals surface area contributed by atoms with Gasteiger partial charge in [-0.15, -0.1) is 0 Å². The summed E-state index contributed by atoms with van der Waals surface area (Å²) < 4.78 is 1.91. The third kappa shape index (κ3) is 2.68. The summed E-state index contributed by atoms with van der Waals surface area (Å²) in [5.74, 6) is 0. The molecule has 0 saturated carbocycles. The summed E-state index contributed by atoms with van der Waals surface area (Å²) in [6.45, 7) is 0. The van der Waals surface area contributed by atoms with Crippen LogP contribution in [-0.4, -0.2) is 0 Å². The van der Waals surface area contributed by atoms with Crippen LogP contribution in [0.2, 0.25) is 5.02 Å². The zero-order valence-corrected chi connectivity index (χ0v) is 6.52. The molecule has 3 heteroatoms. The summed E-state index contributed by atoms with van der Waals surface area (Å²) in [5, 5.41) is 0.773. The average Bonchev–Trinajstić information content (AvgIpc) is 1.64. The van der Waals surface area contributed by atoms with Crippen LogP contribution in [0.15, 0.2) is 24.5 Å². The molecule has 0 spiro atoms. The van der Waals surface area contributed by atoms with Crippen molar-refractivity contribution >= 4 is 11.6 Å². The van der Waals surface area contributed by atoms with E-state index in [1.165, 1.54) is 0 Å². The molecule has 9 heavy (non-hydrogen) atoms. The van der Waals surface area contributed by atoms with E-state index >= 15 is 0 Å². The Morgan fingerprint density at radius 2 is 2.22 bits per heavy atom. The van der Waals surface area contributed by atoms with Gasteiger partial charge in [0.15, 0.2) is 12.4 Å². The van der Waals surface area contributed by atoms with Crippen molar-refractivity contribution in [1.82, 2.24) is 0 Å². The maximum atomic E-state index is 5.62. The fraction of sp³-hybridized carbons (Fsp3) is 0.167. The summed E-state index contributed by atoms with van der Waals surface area (Å²) in [7, 11) is 1.94. The van der Waals surface area contributed by atoms with Crippen molar-refractivity contribution in [1.29, 1.82) is 0 Å². The Balaban J connectivity index is 0.000000640. The maximum Gasteiger partial charge on any atom is 0.187 e. The highest BCUT2D eigenvalue weighted by Gasteiger charge is 1.89. The first-order chi connectivity index (χ1) is 3.79. The first-order valence-electron chi connectivity index (χ1n) is 2.40. The van der Waals surface area contributed by atoms with E-state index in [-0.39, 0.29) is 12.4 Å². The third-order valence-electron chi connectivity index (χ3n) is 0.904. The zero-order valence-electron chi connectivity index (χ0n) is 5.01. The number of hydrogen-bond donors (Lipinski definition) is 0. The van der Waals surface area contributed by atoms with Crippen LogP contribution in [0, 0.1) is 0 Å². The Kier molecular flexibility index (Phi) is 3.59. The average molecular weight is 164 g/mol. The molecule has 0 aliphatic heterocycles. The molecule has 50 valence electrons. The standard InChI is InChI=1S/C6H7ClN.ClH/c1-8-4-2-3-6(7)5-8;/h2-5H,1H3;1H/q+1;/p-1. The number of aromatic nitrogens is 1. The Bertz CT molecular complexity index is 171. The fourth-order valence-corrected chi connectivity index (χ4v) is 0.778. The number of rotatable bonds is 0. The number of halogens is 2. The summed E-state index contributed by atoms with van der Waals surface area (Å²) in [6, 6.07) is 3.75. The van der Waals surface area contributed by atoms with E-state index < -0.39 is 0 Å². The summed E-state index contributed by atoms with van der Waals surface area (Å²) in [4.78, 5) is 0. The second kappa shape index (κ2) is 3.70. The van der Waals surface area contributed by atoms with Gasteiger partial charge in [0.25, 0.3) is 0 Å². The fourth-order valence-electron chi connectivity index (χ4n) is 0.551. The topological polar surface area (TPSA) is 3.88 Å². The lowest BCUT2D eigenvalue weighted by atomic mass is 10.5. The number of hydrogen-bond acceptors (Lipinski definition) is 0. The monoisotopic (exact) mass is 163 g/mol. The van der Waals surface area contributed by atoms with Crippen LogP contribution in [0.1, 0.15) is 0 Å². The Morgan fingerprint density at radius 1 is 1.56 bits per heavy atom. The van der Waals surface area contributed by atoms with Crippen LogP contribution in [0.4, 0.5) is 0 Å². The Labute approximate surface area is 65.7 Å². The molecular formula is C6H7Cl2N. The van der Waals surface area contributed by atoms with Gasteiger partial charge in [-0.1, -0.05) is 11.6 Å². The lowest BCUT2D eigenvalue weighted by molar-refractivity contribution is -0.671. The highest BCUT2D eigenvalue weighted by Crippen LogP contribution is 1.99. The van der Waals surface area contributed by atoms with Crippen molar-refractivity contribution in [3.05, 3.63) is 29.5 Å². The first-order valence-corrected chi connectivity index (χ1v) is 2.77. The Hall–Kier alpha value is -0.270. The number of pyridine rings is 1. The van der Waals surface area contributed by atoms with Gasteiger partial charge in [0.05, 0.1) is 0 Å². The van der Waals surface area contributed by atoms with Gasteiger partial charge < -0.3 is 12.4 Å². The van der Waals surface area contributed by atoms with Gasteiger partial charge in [-0.25, -0.2) is 4.57 Å². The summed E-state index contributed by atoms with van der Waals surface area (Å²) in [5.41, 5.74) is 0. The van der Waals surface area contributed by atoms with E-state index in [0.29, 0.717) is 0 Å². The van der Waals surface area contributed by atoms with Crippen LogP contribution in [0.5, 0.6) is 0 Å². The molecule has 0 aliphatic carbocycles. The van der Waals surface area contributed by atoms with Crippen LogP contribution in [0.25, 0.3) is 0 Å². The van der Waals surface area contributed by atoms with E-state index in [4.69, 9.17) is 11.6 Å². The molecule has 1 heterocycles. The van der Waals surface area contributed by atoms with Crippen LogP contribution < -0.4 is 17.0 Å².